The van der Waals surface area contributed by atoms with E-state index in [1.54, 1.807) is 32.1 Å². The van der Waals surface area contributed by atoms with Crippen LogP contribution in [-0.4, -0.2) is 0 Å². The molecule has 0 radical (unpaired) electrons. The van der Waals surface area contributed by atoms with Crippen molar-refractivity contribution in [2.75, 3.05) is 0 Å². The number of rotatable bonds is 2. The van der Waals surface area contributed by atoms with Gasteiger partial charge in [-0.2, -0.15) is 0 Å². The van der Waals surface area contributed by atoms with Crippen LogP contribution in [0.4, 0.5) is 0 Å². The van der Waals surface area contributed by atoms with Gasteiger partial charge in [-0.1, -0.05) is 51.9 Å². The summed E-state index contributed by atoms with van der Waals surface area (Å²) in [6.45, 7) is 2.34. The molecule has 3 atom stereocenters. The second-order valence-corrected chi connectivity index (χ2v) is 5.27. The smallest absolute Gasteiger partial charge is 0.0383 e. The van der Waals surface area contributed by atoms with Crippen molar-refractivity contribution in [3.8, 4) is 0 Å². The highest BCUT2D eigenvalue weighted by Crippen LogP contribution is 2.43. The highest BCUT2D eigenvalue weighted by Gasteiger charge is 2.31. The molecule has 0 saturated heterocycles. The van der Waals surface area contributed by atoms with Gasteiger partial charge in [0.15, 0.2) is 0 Å². The summed E-state index contributed by atoms with van der Waals surface area (Å²) in [7, 11) is 0. The Hall–Kier alpha value is 0. The van der Waals surface area contributed by atoms with Gasteiger partial charge in [0, 0.05) is 0 Å². The first-order valence-corrected chi connectivity index (χ1v) is 6.40. The molecular weight excluding hydrogens is 156 g/mol. The molecule has 76 valence electrons. The van der Waals surface area contributed by atoms with Crippen LogP contribution in [0.25, 0.3) is 0 Å². The van der Waals surface area contributed by atoms with E-state index in [9.17, 15) is 0 Å². The van der Waals surface area contributed by atoms with Gasteiger partial charge in [0.05, 0.1) is 0 Å². The zero-order valence-corrected chi connectivity index (χ0v) is 9.10. The predicted molar refractivity (Wildman–Crippen MR) is 57.7 cm³/mol. The van der Waals surface area contributed by atoms with Crippen molar-refractivity contribution in [2.45, 2.75) is 64.7 Å². The fourth-order valence-electron chi connectivity index (χ4n) is 3.64. The molecule has 0 amide bonds. The van der Waals surface area contributed by atoms with Gasteiger partial charge in [-0.25, -0.2) is 0 Å². The van der Waals surface area contributed by atoms with Crippen LogP contribution in [0.2, 0.25) is 0 Å². The molecule has 0 heteroatoms. The Kier molecular flexibility index (Phi) is 3.29. The lowest BCUT2D eigenvalue weighted by atomic mass is 9.67. The summed E-state index contributed by atoms with van der Waals surface area (Å²) in [5.41, 5.74) is 0. The van der Waals surface area contributed by atoms with E-state index >= 15 is 0 Å². The molecule has 2 saturated carbocycles. The quantitative estimate of drug-likeness (QED) is 0.591. The largest absolute Gasteiger partial charge is 0.0654 e. The summed E-state index contributed by atoms with van der Waals surface area (Å²) in [6, 6.07) is 0. The second kappa shape index (κ2) is 4.48. The Morgan fingerprint density at radius 2 is 1.69 bits per heavy atom. The molecule has 0 nitrogen and oxygen atoms in total. The zero-order valence-electron chi connectivity index (χ0n) is 9.10. The summed E-state index contributed by atoms with van der Waals surface area (Å²) in [4.78, 5) is 0. The maximum absolute atomic E-state index is 2.34. The average Bonchev–Trinajstić information content (AvgIpc) is 2.18. The minimum Gasteiger partial charge on any atom is -0.0654 e. The van der Waals surface area contributed by atoms with Crippen LogP contribution in [0.1, 0.15) is 64.7 Å². The number of hydrogen-bond donors (Lipinski definition) is 0. The molecule has 1 unspecified atom stereocenters. The van der Waals surface area contributed by atoms with E-state index in [-0.39, 0.29) is 0 Å². The van der Waals surface area contributed by atoms with Gasteiger partial charge in [0.1, 0.15) is 0 Å². The van der Waals surface area contributed by atoms with E-state index in [2.05, 4.69) is 6.92 Å². The van der Waals surface area contributed by atoms with Gasteiger partial charge in [-0.3, -0.25) is 0 Å². The summed E-state index contributed by atoms with van der Waals surface area (Å²) in [6.07, 6.45) is 13.8. The highest BCUT2D eigenvalue weighted by molar-refractivity contribution is 4.82. The standard InChI is InChI=1S/C13H24/c1-2-5-11-8-9-12-6-3-4-7-13(12)10-11/h11-13H,2-10H2,1H3/t11?,12-,13+/m1/s1. The first-order chi connectivity index (χ1) is 6.40. The van der Waals surface area contributed by atoms with Gasteiger partial charge in [0.25, 0.3) is 0 Å². The van der Waals surface area contributed by atoms with E-state index in [0.717, 1.165) is 17.8 Å². The molecule has 0 aliphatic heterocycles. The van der Waals surface area contributed by atoms with Crippen molar-refractivity contribution < 1.29 is 0 Å². The van der Waals surface area contributed by atoms with E-state index < -0.39 is 0 Å². The molecule has 0 bridgehead atoms. The lowest BCUT2D eigenvalue weighted by Crippen LogP contribution is -2.27. The Morgan fingerprint density at radius 1 is 0.923 bits per heavy atom. The lowest BCUT2D eigenvalue weighted by molar-refractivity contribution is 0.125. The molecule has 2 aliphatic rings. The Balaban J connectivity index is 1.84. The average molecular weight is 180 g/mol. The van der Waals surface area contributed by atoms with Crippen molar-refractivity contribution >= 4 is 0 Å². The fourth-order valence-corrected chi connectivity index (χ4v) is 3.64. The van der Waals surface area contributed by atoms with E-state index in [0.29, 0.717) is 0 Å². The van der Waals surface area contributed by atoms with Crippen molar-refractivity contribution in [2.24, 2.45) is 17.8 Å². The third-order valence-corrected chi connectivity index (χ3v) is 4.35. The number of fused-ring (bicyclic) bond motifs is 1. The van der Waals surface area contributed by atoms with E-state index in [4.69, 9.17) is 0 Å². The molecule has 0 spiro atoms. The maximum atomic E-state index is 2.34. The lowest BCUT2D eigenvalue weighted by Gasteiger charge is -2.39. The molecule has 0 aromatic heterocycles. The van der Waals surface area contributed by atoms with Gasteiger partial charge in [-0.15, -0.1) is 0 Å². The molecular formula is C13H24. The normalized spacial score (nSPS) is 39.9. The summed E-state index contributed by atoms with van der Waals surface area (Å²) >= 11 is 0. The molecule has 2 aliphatic carbocycles. The SMILES string of the molecule is CCCC1CC[C@H]2CCCC[C@H]2C1. The summed E-state index contributed by atoms with van der Waals surface area (Å²) in [5.74, 6) is 3.38. The molecule has 0 aromatic carbocycles. The van der Waals surface area contributed by atoms with Gasteiger partial charge >= 0.3 is 0 Å². The van der Waals surface area contributed by atoms with Crippen molar-refractivity contribution in [3.63, 3.8) is 0 Å². The second-order valence-electron chi connectivity index (χ2n) is 5.27. The minimum atomic E-state index is 1.10. The van der Waals surface area contributed by atoms with Crippen molar-refractivity contribution in [3.05, 3.63) is 0 Å². The Bertz CT molecular complexity index is 150. The highest BCUT2D eigenvalue weighted by atomic mass is 14.4. The minimum absolute atomic E-state index is 1.10. The van der Waals surface area contributed by atoms with E-state index in [1.165, 1.54) is 25.7 Å². The summed E-state index contributed by atoms with van der Waals surface area (Å²) < 4.78 is 0. The van der Waals surface area contributed by atoms with Crippen LogP contribution < -0.4 is 0 Å². The fraction of sp³-hybridized carbons (Fsp3) is 1.00. The Labute approximate surface area is 83.1 Å². The monoisotopic (exact) mass is 180 g/mol. The zero-order chi connectivity index (χ0) is 9.10. The molecule has 0 aromatic rings. The van der Waals surface area contributed by atoms with Crippen molar-refractivity contribution in [1.29, 1.82) is 0 Å². The van der Waals surface area contributed by atoms with Gasteiger partial charge in [-0.05, 0) is 30.6 Å². The first-order valence-electron chi connectivity index (χ1n) is 6.40. The molecule has 0 heterocycles. The molecule has 2 fully saturated rings. The topological polar surface area (TPSA) is 0 Å². The van der Waals surface area contributed by atoms with Gasteiger partial charge < -0.3 is 0 Å². The molecule has 13 heavy (non-hydrogen) atoms. The molecule has 2 rings (SSSR count). The van der Waals surface area contributed by atoms with Crippen LogP contribution in [0.5, 0.6) is 0 Å². The van der Waals surface area contributed by atoms with E-state index in [1.807, 2.05) is 0 Å². The summed E-state index contributed by atoms with van der Waals surface area (Å²) in [5, 5.41) is 0. The third-order valence-electron chi connectivity index (χ3n) is 4.35. The van der Waals surface area contributed by atoms with Crippen LogP contribution in [-0.2, 0) is 0 Å². The maximum Gasteiger partial charge on any atom is -0.0383 e. The third kappa shape index (κ3) is 2.27. The van der Waals surface area contributed by atoms with Crippen LogP contribution >= 0.6 is 0 Å². The Morgan fingerprint density at radius 3 is 2.46 bits per heavy atom. The van der Waals surface area contributed by atoms with Crippen LogP contribution in [0, 0.1) is 17.8 Å². The van der Waals surface area contributed by atoms with Crippen molar-refractivity contribution in [1.82, 2.24) is 0 Å². The molecule has 0 N–H and O–H groups in total. The number of hydrogen-bond acceptors (Lipinski definition) is 0. The first kappa shape index (κ1) is 9.55. The van der Waals surface area contributed by atoms with Gasteiger partial charge in [0.2, 0.25) is 0 Å². The predicted octanol–water partition coefficient (Wildman–Crippen LogP) is 4.39. The van der Waals surface area contributed by atoms with Crippen LogP contribution in [0.15, 0.2) is 0 Å². The van der Waals surface area contributed by atoms with Crippen LogP contribution in [0.3, 0.4) is 0 Å².